The van der Waals surface area contributed by atoms with E-state index < -0.39 is 23.3 Å². The molecule has 20 heavy (non-hydrogen) atoms. The smallest absolute Gasteiger partial charge is 0.373 e. The van der Waals surface area contributed by atoms with E-state index in [2.05, 4.69) is 11.3 Å². The number of benzene rings is 1. The van der Waals surface area contributed by atoms with Gasteiger partial charge in [0.2, 0.25) is 5.76 Å². The maximum atomic E-state index is 13.3. The Morgan fingerprint density at radius 1 is 1.30 bits per heavy atom. The van der Waals surface area contributed by atoms with Crippen LogP contribution in [0.5, 0.6) is 0 Å². The van der Waals surface area contributed by atoms with Crippen molar-refractivity contribution >= 4 is 17.5 Å². The van der Waals surface area contributed by atoms with Crippen LogP contribution < -0.4 is 0 Å². The highest BCUT2D eigenvalue weighted by atomic mass is 19.1. The highest BCUT2D eigenvalue weighted by Gasteiger charge is 2.14. The molecule has 0 amide bonds. The monoisotopic (exact) mass is 280 g/mol. The van der Waals surface area contributed by atoms with Crippen molar-refractivity contribution in [3.63, 3.8) is 0 Å². The molecule has 0 heterocycles. The molecule has 1 N–H and O–H groups in total. The number of allylic oxidation sites excluding steroid dienone is 2. The summed E-state index contributed by atoms with van der Waals surface area (Å²) >= 11 is 0. The van der Waals surface area contributed by atoms with Crippen molar-refractivity contribution < 1.29 is 28.6 Å². The van der Waals surface area contributed by atoms with Gasteiger partial charge in [0.15, 0.2) is 0 Å². The van der Waals surface area contributed by atoms with E-state index in [4.69, 9.17) is 9.84 Å². The molecule has 5 nitrogen and oxygen atoms in total. The third kappa shape index (κ3) is 3.44. The highest BCUT2D eigenvalue weighted by Crippen LogP contribution is 2.20. The fourth-order valence-corrected chi connectivity index (χ4v) is 1.43. The Balaban J connectivity index is 3.15. The van der Waals surface area contributed by atoms with E-state index in [1.54, 1.807) is 0 Å². The van der Waals surface area contributed by atoms with Gasteiger partial charge < -0.3 is 14.6 Å². The second-order valence-corrected chi connectivity index (χ2v) is 3.73. The van der Waals surface area contributed by atoms with E-state index >= 15 is 0 Å². The second-order valence-electron chi connectivity index (χ2n) is 3.73. The first kappa shape index (κ1) is 15.4. The van der Waals surface area contributed by atoms with Gasteiger partial charge in [-0.1, -0.05) is 12.6 Å². The number of esters is 1. The van der Waals surface area contributed by atoms with E-state index in [9.17, 15) is 14.0 Å². The number of aromatic carboxylic acids is 1. The minimum atomic E-state index is -1.39. The van der Waals surface area contributed by atoms with Gasteiger partial charge in [-0.3, -0.25) is 0 Å². The van der Waals surface area contributed by atoms with Crippen molar-refractivity contribution in [2.45, 2.75) is 0 Å². The number of hydrogen-bond acceptors (Lipinski definition) is 4. The van der Waals surface area contributed by atoms with E-state index in [0.29, 0.717) is 5.56 Å². The molecule has 1 rings (SSSR count). The van der Waals surface area contributed by atoms with Crippen molar-refractivity contribution in [2.24, 2.45) is 0 Å². The first-order valence-electron chi connectivity index (χ1n) is 5.46. The predicted molar refractivity (Wildman–Crippen MR) is 69.5 cm³/mol. The molecule has 0 fully saturated rings. The van der Waals surface area contributed by atoms with Crippen molar-refractivity contribution in [1.82, 2.24) is 0 Å². The van der Waals surface area contributed by atoms with Crippen molar-refractivity contribution in [1.29, 1.82) is 0 Å². The van der Waals surface area contributed by atoms with E-state index in [0.717, 1.165) is 12.1 Å². The van der Waals surface area contributed by atoms with Crippen molar-refractivity contribution in [2.75, 3.05) is 14.2 Å². The zero-order valence-corrected chi connectivity index (χ0v) is 11.0. The summed E-state index contributed by atoms with van der Waals surface area (Å²) in [6.45, 7) is 3.68. The van der Waals surface area contributed by atoms with Gasteiger partial charge >= 0.3 is 11.9 Å². The van der Waals surface area contributed by atoms with Crippen LogP contribution in [0.25, 0.3) is 5.57 Å². The molecule has 0 aliphatic heterocycles. The average Bonchev–Trinajstić information content (AvgIpc) is 2.43. The number of methoxy groups -OCH3 is 2. The largest absolute Gasteiger partial charge is 0.490 e. The van der Waals surface area contributed by atoms with Crippen LogP contribution in [-0.2, 0) is 14.3 Å². The Bertz CT molecular complexity index is 589. The third-order valence-corrected chi connectivity index (χ3v) is 2.48. The van der Waals surface area contributed by atoms with Crippen LogP contribution in [0.3, 0.4) is 0 Å². The first-order valence-corrected chi connectivity index (χ1v) is 5.46. The molecule has 1 aromatic carbocycles. The zero-order valence-electron chi connectivity index (χ0n) is 11.0. The molecule has 0 bridgehead atoms. The van der Waals surface area contributed by atoms with Crippen LogP contribution >= 0.6 is 0 Å². The maximum absolute atomic E-state index is 13.3. The molecule has 106 valence electrons. The number of carboxylic acid groups (broad SMARTS) is 1. The molecule has 0 aliphatic carbocycles. The SMILES string of the molecule is C=C(/C=C(/OC)C(=O)OC)c1ccc(F)c(C(=O)O)c1. The van der Waals surface area contributed by atoms with E-state index in [1.807, 2.05) is 0 Å². The molecule has 0 saturated heterocycles. The number of rotatable bonds is 5. The fraction of sp³-hybridized carbons (Fsp3) is 0.143. The Hall–Kier alpha value is -2.63. The number of carbonyl (C=O) groups is 2. The average molecular weight is 280 g/mol. The summed E-state index contributed by atoms with van der Waals surface area (Å²) in [7, 11) is 2.47. The zero-order chi connectivity index (χ0) is 15.3. The molecule has 0 unspecified atom stereocenters. The lowest BCUT2D eigenvalue weighted by Crippen LogP contribution is -2.07. The van der Waals surface area contributed by atoms with Crippen LogP contribution in [-0.4, -0.2) is 31.3 Å². The summed E-state index contributed by atoms with van der Waals surface area (Å²) in [5.41, 5.74) is 0.158. The van der Waals surface area contributed by atoms with Gasteiger partial charge in [0.25, 0.3) is 0 Å². The summed E-state index contributed by atoms with van der Waals surface area (Å²) in [5, 5.41) is 8.84. The van der Waals surface area contributed by atoms with E-state index in [-0.39, 0.29) is 11.3 Å². The van der Waals surface area contributed by atoms with Crippen molar-refractivity contribution in [3.8, 4) is 0 Å². The molecule has 0 aliphatic rings. The van der Waals surface area contributed by atoms with Gasteiger partial charge in [-0.2, -0.15) is 0 Å². The highest BCUT2D eigenvalue weighted by molar-refractivity contribution is 5.92. The molecule has 0 atom stereocenters. The standard InChI is InChI=1S/C14H13FO5/c1-8(6-12(19-2)14(18)20-3)9-4-5-11(15)10(7-9)13(16)17/h4-7H,1H2,2-3H3,(H,16,17)/b12-6+. The molecule has 0 spiro atoms. The lowest BCUT2D eigenvalue weighted by molar-refractivity contribution is -0.139. The summed E-state index contributed by atoms with van der Waals surface area (Å²) < 4.78 is 22.6. The molecule has 0 radical (unpaired) electrons. The number of carboxylic acids is 1. The molecule has 0 aromatic heterocycles. The molecule has 1 aromatic rings. The lowest BCUT2D eigenvalue weighted by atomic mass is 10.0. The summed E-state index contributed by atoms with van der Waals surface area (Å²) in [6.07, 6.45) is 1.28. The number of halogens is 1. The molecule has 0 saturated carbocycles. The Kier molecular flexibility index (Phi) is 5.02. The van der Waals surface area contributed by atoms with E-state index in [1.165, 1.54) is 26.4 Å². The van der Waals surface area contributed by atoms with Crippen molar-refractivity contribution in [3.05, 3.63) is 53.6 Å². The van der Waals surface area contributed by atoms with Gasteiger partial charge in [0.05, 0.1) is 19.8 Å². The Morgan fingerprint density at radius 2 is 1.95 bits per heavy atom. The number of carbonyl (C=O) groups excluding carboxylic acids is 1. The number of hydrogen-bond donors (Lipinski definition) is 1. The second kappa shape index (κ2) is 6.51. The minimum absolute atomic E-state index is 0.0984. The van der Waals surface area contributed by atoms with Gasteiger partial charge in [0.1, 0.15) is 5.82 Å². The van der Waals surface area contributed by atoms with Gasteiger partial charge in [0, 0.05) is 0 Å². The first-order chi connectivity index (χ1) is 9.40. The summed E-state index contributed by atoms with van der Waals surface area (Å²) in [6, 6.07) is 3.49. The molecular weight excluding hydrogens is 267 g/mol. The topological polar surface area (TPSA) is 72.8 Å². The van der Waals surface area contributed by atoms with Crippen LogP contribution in [0.1, 0.15) is 15.9 Å². The van der Waals surface area contributed by atoms with Gasteiger partial charge in [-0.25, -0.2) is 14.0 Å². The molecule has 6 heteroatoms. The van der Waals surface area contributed by atoms with Crippen LogP contribution in [0, 0.1) is 5.82 Å². The molecular formula is C14H13FO5. The number of ether oxygens (including phenoxy) is 2. The van der Waals surface area contributed by atoms with Gasteiger partial charge in [-0.15, -0.1) is 0 Å². The third-order valence-electron chi connectivity index (χ3n) is 2.48. The summed E-state index contributed by atoms with van der Waals surface area (Å²) in [5.74, 6) is -3.04. The van der Waals surface area contributed by atoms with Crippen LogP contribution in [0.4, 0.5) is 4.39 Å². The predicted octanol–water partition coefficient (Wildman–Crippen LogP) is 2.24. The normalized spacial score (nSPS) is 10.8. The Morgan fingerprint density at radius 3 is 2.45 bits per heavy atom. The minimum Gasteiger partial charge on any atom is -0.490 e. The maximum Gasteiger partial charge on any atom is 0.373 e. The quantitative estimate of drug-likeness (QED) is 0.387. The van der Waals surface area contributed by atoms with Crippen LogP contribution in [0.15, 0.2) is 36.6 Å². The summed E-state index contributed by atoms with van der Waals surface area (Å²) in [4.78, 5) is 22.2. The fourth-order valence-electron chi connectivity index (χ4n) is 1.43. The lowest BCUT2D eigenvalue weighted by Gasteiger charge is -2.07. The van der Waals surface area contributed by atoms with Gasteiger partial charge in [-0.05, 0) is 29.3 Å². The van der Waals surface area contributed by atoms with Crippen LogP contribution in [0.2, 0.25) is 0 Å². The Labute approximate surface area is 114 Å².